The van der Waals surface area contributed by atoms with Gasteiger partial charge in [-0.3, -0.25) is 8.75 Å². The molecule has 4 heteroatoms. The number of aryl methyl sites for hydroxylation is 3. The number of nitrogens with zero attached hydrogens (tertiary/aromatic N) is 2. The van der Waals surface area contributed by atoms with E-state index in [9.17, 15) is 4.79 Å². The molecule has 0 atom stereocenters. The fourth-order valence-corrected chi connectivity index (χ4v) is 2.64. The molecule has 0 aliphatic heterocycles. The molecule has 0 N–H and O–H groups in total. The number of aromatic nitrogens is 2. The van der Waals surface area contributed by atoms with Gasteiger partial charge in [0, 0.05) is 12.2 Å². The fraction of sp³-hybridized carbons (Fsp3) is 0.400. The molecule has 3 nitrogen and oxygen atoms in total. The van der Waals surface area contributed by atoms with Crippen molar-refractivity contribution < 1.29 is 0 Å². The third-order valence-corrected chi connectivity index (χ3v) is 3.35. The lowest BCUT2D eigenvalue weighted by molar-refractivity contribution is 0.814. The Hall–Kier alpha value is -1.16. The molecule has 14 heavy (non-hydrogen) atoms. The average molecular weight is 208 g/mol. The van der Waals surface area contributed by atoms with Gasteiger partial charge in [0.1, 0.15) is 4.83 Å². The van der Waals surface area contributed by atoms with Gasteiger partial charge in [-0.15, -0.1) is 0 Å². The SMILES string of the molecule is CCn1sc2nc(C)cc(C)c2c1=O. The van der Waals surface area contributed by atoms with Crippen molar-refractivity contribution in [3.8, 4) is 0 Å². The Labute approximate surface area is 86.2 Å². The van der Waals surface area contributed by atoms with Gasteiger partial charge in [0.15, 0.2) is 0 Å². The first kappa shape index (κ1) is 9.40. The van der Waals surface area contributed by atoms with E-state index in [1.807, 2.05) is 26.8 Å². The van der Waals surface area contributed by atoms with Gasteiger partial charge in [-0.05, 0) is 43.9 Å². The molecule has 0 aliphatic carbocycles. The minimum absolute atomic E-state index is 0.0949. The first-order chi connectivity index (χ1) is 6.63. The zero-order valence-electron chi connectivity index (χ0n) is 8.50. The summed E-state index contributed by atoms with van der Waals surface area (Å²) in [6.45, 7) is 6.61. The zero-order chi connectivity index (χ0) is 10.3. The Balaban J connectivity index is 2.92. The number of fused-ring (bicyclic) bond motifs is 1. The summed E-state index contributed by atoms with van der Waals surface area (Å²) in [5.74, 6) is 0. The summed E-state index contributed by atoms with van der Waals surface area (Å²) in [6, 6.07) is 1.95. The van der Waals surface area contributed by atoms with Gasteiger partial charge in [0.25, 0.3) is 5.56 Å². The van der Waals surface area contributed by atoms with E-state index in [1.54, 1.807) is 3.96 Å². The highest BCUT2D eigenvalue weighted by molar-refractivity contribution is 7.13. The van der Waals surface area contributed by atoms with Gasteiger partial charge in [-0.25, -0.2) is 4.98 Å². The first-order valence-electron chi connectivity index (χ1n) is 4.61. The molecular formula is C10H12N2OS. The van der Waals surface area contributed by atoms with Crippen LogP contribution in [-0.2, 0) is 6.54 Å². The van der Waals surface area contributed by atoms with Gasteiger partial charge >= 0.3 is 0 Å². The monoisotopic (exact) mass is 208 g/mol. The Morgan fingerprint density at radius 2 is 2.21 bits per heavy atom. The summed E-state index contributed by atoms with van der Waals surface area (Å²) in [4.78, 5) is 17.0. The van der Waals surface area contributed by atoms with Crippen molar-refractivity contribution in [2.45, 2.75) is 27.3 Å². The van der Waals surface area contributed by atoms with Crippen molar-refractivity contribution in [1.29, 1.82) is 0 Å². The molecule has 0 radical (unpaired) electrons. The highest BCUT2D eigenvalue weighted by Gasteiger charge is 2.10. The molecule has 74 valence electrons. The van der Waals surface area contributed by atoms with Crippen molar-refractivity contribution in [2.24, 2.45) is 0 Å². The third-order valence-electron chi connectivity index (χ3n) is 2.24. The van der Waals surface area contributed by atoms with Crippen molar-refractivity contribution in [3.05, 3.63) is 27.7 Å². The highest BCUT2D eigenvalue weighted by Crippen LogP contribution is 2.18. The van der Waals surface area contributed by atoms with Crippen LogP contribution < -0.4 is 5.56 Å². The summed E-state index contributed by atoms with van der Waals surface area (Å²) in [5.41, 5.74) is 2.10. The maximum Gasteiger partial charge on any atom is 0.270 e. The molecule has 0 bridgehead atoms. The molecule has 0 aromatic carbocycles. The molecule has 0 saturated heterocycles. The van der Waals surface area contributed by atoms with Crippen LogP contribution in [0, 0.1) is 13.8 Å². The normalized spacial score (nSPS) is 11.1. The maximum atomic E-state index is 11.8. The number of rotatable bonds is 1. The molecule has 2 aromatic rings. The standard InChI is InChI=1S/C10H12N2OS/c1-4-12-10(13)8-6(2)5-7(3)11-9(8)14-12/h5H,4H2,1-3H3. The number of pyridine rings is 1. The topological polar surface area (TPSA) is 34.9 Å². The van der Waals surface area contributed by atoms with Gasteiger partial charge in [0.2, 0.25) is 0 Å². The van der Waals surface area contributed by atoms with Crippen LogP contribution in [0.15, 0.2) is 10.9 Å². The van der Waals surface area contributed by atoms with Crippen LogP contribution in [0.3, 0.4) is 0 Å². The van der Waals surface area contributed by atoms with Crippen LogP contribution >= 0.6 is 11.5 Å². The van der Waals surface area contributed by atoms with Crippen molar-refractivity contribution in [2.75, 3.05) is 0 Å². The van der Waals surface area contributed by atoms with Crippen LogP contribution in [-0.4, -0.2) is 8.94 Å². The van der Waals surface area contributed by atoms with Gasteiger partial charge in [-0.2, -0.15) is 0 Å². The lowest BCUT2D eigenvalue weighted by Crippen LogP contribution is -2.11. The zero-order valence-corrected chi connectivity index (χ0v) is 9.31. The Kier molecular flexibility index (Phi) is 2.15. The molecule has 0 saturated carbocycles. The predicted molar refractivity (Wildman–Crippen MR) is 59.0 cm³/mol. The van der Waals surface area contributed by atoms with E-state index in [4.69, 9.17) is 0 Å². The minimum Gasteiger partial charge on any atom is -0.268 e. The van der Waals surface area contributed by atoms with Crippen molar-refractivity contribution >= 4 is 21.7 Å². The van der Waals surface area contributed by atoms with E-state index in [2.05, 4.69) is 4.98 Å². The summed E-state index contributed by atoms with van der Waals surface area (Å²) in [6.07, 6.45) is 0. The van der Waals surface area contributed by atoms with Gasteiger partial charge in [-0.1, -0.05) is 0 Å². The molecule has 2 heterocycles. The van der Waals surface area contributed by atoms with E-state index in [-0.39, 0.29) is 5.56 Å². The Bertz CT molecular complexity index is 539. The molecule has 2 rings (SSSR count). The van der Waals surface area contributed by atoms with Crippen LogP contribution in [0.25, 0.3) is 10.2 Å². The largest absolute Gasteiger partial charge is 0.270 e. The van der Waals surface area contributed by atoms with Crippen molar-refractivity contribution in [1.82, 2.24) is 8.94 Å². The number of hydrogen-bond donors (Lipinski definition) is 0. The molecule has 0 amide bonds. The summed E-state index contributed by atoms with van der Waals surface area (Å²) in [7, 11) is 0. The second-order valence-corrected chi connectivity index (χ2v) is 4.36. The van der Waals surface area contributed by atoms with Gasteiger partial charge in [0.05, 0.1) is 5.39 Å². The molecule has 2 aromatic heterocycles. The molecular weight excluding hydrogens is 196 g/mol. The maximum absolute atomic E-state index is 11.8. The van der Waals surface area contributed by atoms with E-state index in [1.165, 1.54) is 11.5 Å². The lowest BCUT2D eigenvalue weighted by Gasteiger charge is -1.94. The lowest BCUT2D eigenvalue weighted by atomic mass is 10.2. The minimum atomic E-state index is 0.0949. The van der Waals surface area contributed by atoms with E-state index in [0.717, 1.165) is 28.0 Å². The summed E-state index contributed by atoms with van der Waals surface area (Å²) >= 11 is 1.45. The second-order valence-electron chi connectivity index (χ2n) is 3.35. The Morgan fingerprint density at radius 3 is 2.86 bits per heavy atom. The van der Waals surface area contributed by atoms with E-state index >= 15 is 0 Å². The van der Waals surface area contributed by atoms with E-state index < -0.39 is 0 Å². The van der Waals surface area contributed by atoms with Crippen molar-refractivity contribution in [3.63, 3.8) is 0 Å². The molecule has 0 fully saturated rings. The van der Waals surface area contributed by atoms with Crippen LogP contribution in [0.1, 0.15) is 18.2 Å². The van der Waals surface area contributed by atoms with Crippen LogP contribution in [0.4, 0.5) is 0 Å². The Morgan fingerprint density at radius 1 is 1.50 bits per heavy atom. The van der Waals surface area contributed by atoms with Crippen LogP contribution in [0.5, 0.6) is 0 Å². The fourth-order valence-electron chi connectivity index (χ4n) is 1.61. The number of hydrogen-bond acceptors (Lipinski definition) is 3. The van der Waals surface area contributed by atoms with E-state index in [0.29, 0.717) is 0 Å². The molecule has 0 unspecified atom stereocenters. The second kappa shape index (κ2) is 3.20. The van der Waals surface area contributed by atoms with Crippen LogP contribution in [0.2, 0.25) is 0 Å². The molecule has 0 spiro atoms. The smallest absolute Gasteiger partial charge is 0.268 e. The summed E-state index contributed by atoms with van der Waals surface area (Å²) < 4.78 is 1.74. The highest BCUT2D eigenvalue weighted by atomic mass is 32.1. The predicted octanol–water partition coefficient (Wildman–Crippen LogP) is 2.09. The van der Waals surface area contributed by atoms with Gasteiger partial charge < -0.3 is 0 Å². The summed E-state index contributed by atoms with van der Waals surface area (Å²) in [5, 5.41) is 0.780. The average Bonchev–Trinajstić information content (AvgIpc) is 2.42. The first-order valence-corrected chi connectivity index (χ1v) is 5.39. The molecule has 0 aliphatic rings. The quantitative estimate of drug-likeness (QED) is 0.719. The third kappa shape index (κ3) is 1.26.